The molecule has 0 amide bonds. The van der Waals surface area contributed by atoms with Crippen molar-refractivity contribution in [3.05, 3.63) is 44.8 Å². The van der Waals surface area contributed by atoms with Crippen LogP contribution in [-0.2, 0) is 6.61 Å². The lowest BCUT2D eigenvalue weighted by Crippen LogP contribution is -1.99. The van der Waals surface area contributed by atoms with Gasteiger partial charge in [0.15, 0.2) is 0 Å². The number of thiazole rings is 1. The lowest BCUT2D eigenvalue weighted by Gasteiger charge is -2.06. The summed E-state index contributed by atoms with van der Waals surface area (Å²) < 4.78 is 6.02. The molecule has 4 nitrogen and oxygen atoms in total. The third-order valence-electron chi connectivity index (χ3n) is 2.03. The number of carbonyl (C=O) groups is 1. The number of carboxylic acids is 1. The van der Waals surface area contributed by atoms with E-state index in [0.717, 1.165) is 4.88 Å². The molecule has 0 atom stereocenters. The highest BCUT2D eigenvalue weighted by Gasteiger charge is 2.09. The van der Waals surface area contributed by atoms with E-state index in [1.54, 1.807) is 23.8 Å². The lowest BCUT2D eigenvalue weighted by atomic mass is 10.2. The number of carboxylic acid groups (broad SMARTS) is 1. The van der Waals surface area contributed by atoms with E-state index >= 15 is 0 Å². The highest BCUT2D eigenvalue weighted by atomic mass is 79.9. The maximum absolute atomic E-state index is 10.9. The van der Waals surface area contributed by atoms with Crippen LogP contribution < -0.4 is 4.74 Å². The van der Waals surface area contributed by atoms with Gasteiger partial charge in [0.05, 0.1) is 16.0 Å². The predicted octanol–water partition coefficient (Wildman–Crippen LogP) is 3.18. The zero-order valence-electron chi connectivity index (χ0n) is 8.59. The molecular weight excluding hydrogens is 306 g/mol. The topological polar surface area (TPSA) is 59.4 Å². The largest absolute Gasteiger partial charge is 0.488 e. The van der Waals surface area contributed by atoms with E-state index in [2.05, 4.69) is 20.9 Å². The normalized spacial score (nSPS) is 10.2. The minimum Gasteiger partial charge on any atom is -0.488 e. The Bertz CT molecular complexity index is 528. The molecule has 0 aliphatic heterocycles. The second-order valence-corrected chi connectivity index (χ2v) is 5.03. The second-order valence-electron chi connectivity index (χ2n) is 3.20. The summed E-state index contributed by atoms with van der Waals surface area (Å²) in [6, 6.07) is 4.87. The first-order chi connectivity index (χ1) is 8.16. The van der Waals surface area contributed by atoms with Gasteiger partial charge < -0.3 is 9.84 Å². The Balaban J connectivity index is 2.11. The maximum atomic E-state index is 10.9. The summed E-state index contributed by atoms with van der Waals surface area (Å²) in [6.45, 7) is 0.394. The van der Waals surface area contributed by atoms with Crippen LogP contribution in [0, 0.1) is 0 Å². The Morgan fingerprint density at radius 2 is 2.35 bits per heavy atom. The molecule has 6 heteroatoms. The first-order valence-electron chi connectivity index (χ1n) is 4.70. The number of hydrogen-bond donors (Lipinski definition) is 1. The van der Waals surface area contributed by atoms with Gasteiger partial charge in [0.2, 0.25) is 0 Å². The van der Waals surface area contributed by atoms with Gasteiger partial charge in [-0.25, -0.2) is 4.79 Å². The molecule has 2 rings (SSSR count). The lowest BCUT2D eigenvalue weighted by molar-refractivity contribution is 0.0695. The zero-order valence-corrected chi connectivity index (χ0v) is 11.0. The molecular formula is C11H8BrNO3S. The molecule has 2 aromatic rings. The first kappa shape index (κ1) is 12.1. The molecule has 0 radical (unpaired) electrons. The van der Waals surface area contributed by atoms with Gasteiger partial charge in [-0.3, -0.25) is 4.98 Å². The second kappa shape index (κ2) is 5.29. The Hall–Kier alpha value is -1.40. The van der Waals surface area contributed by atoms with E-state index in [4.69, 9.17) is 9.84 Å². The number of halogens is 1. The number of nitrogens with zero attached hydrogens (tertiary/aromatic N) is 1. The van der Waals surface area contributed by atoms with Crippen LogP contribution >= 0.6 is 27.3 Å². The third-order valence-corrected chi connectivity index (χ3v) is 3.48. The van der Waals surface area contributed by atoms with Crippen molar-refractivity contribution in [1.82, 2.24) is 4.98 Å². The number of rotatable bonds is 4. The Morgan fingerprint density at radius 1 is 1.53 bits per heavy atom. The summed E-state index contributed by atoms with van der Waals surface area (Å²) in [4.78, 5) is 15.8. The van der Waals surface area contributed by atoms with Gasteiger partial charge in [0, 0.05) is 10.7 Å². The molecule has 0 fully saturated rings. The van der Waals surface area contributed by atoms with E-state index in [0.29, 0.717) is 16.8 Å². The van der Waals surface area contributed by atoms with E-state index in [9.17, 15) is 4.79 Å². The van der Waals surface area contributed by atoms with Crippen molar-refractivity contribution in [2.45, 2.75) is 6.61 Å². The van der Waals surface area contributed by atoms with Crippen LogP contribution in [0.5, 0.6) is 5.75 Å². The quantitative estimate of drug-likeness (QED) is 0.941. The molecule has 0 saturated heterocycles. The predicted molar refractivity (Wildman–Crippen MR) is 67.5 cm³/mol. The van der Waals surface area contributed by atoms with Gasteiger partial charge in [-0.15, -0.1) is 11.3 Å². The molecule has 0 aliphatic carbocycles. The molecule has 0 unspecified atom stereocenters. The minimum absolute atomic E-state index is 0.187. The number of benzene rings is 1. The summed E-state index contributed by atoms with van der Waals surface area (Å²) in [6.07, 6.45) is 1.72. The fourth-order valence-electron chi connectivity index (χ4n) is 1.23. The first-order valence-corrected chi connectivity index (χ1v) is 6.37. The molecule has 88 valence electrons. The average Bonchev–Trinajstić information content (AvgIpc) is 2.80. The van der Waals surface area contributed by atoms with Crippen molar-refractivity contribution in [2.75, 3.05) is 0 Å². The summed E-state index contributed by atoms with van der Waals surface area (Å²) in [5, 5.41) is 8.95. The Kier molecular flexibility index (Phi) is 3.75. The fraction of sp³-hybridized carbons (Fsp3) is 0.0909. The van der Waals surface area contributed by atoms with Gasteiger partial charge >= 0.3 is 5.97 Å². The summed E-state index contributed by atoms with van der Waals surface area (Å²) >= 11 is 4.67. The van der Waals surface area contributed by atoms with Crippen molar-refractivity contribution in [1.29, 1.82) is 0 Å². The highest BCUT2D eigenvalue weighted by molar-refractivity contribution is 9.10. The van der Waals surface area contributed by atoms with E-state index in [-0.39, 0.29) is 5.56 Å². The number of hydrogen-bond acceptors (Lipinski definition) is 4. The van der Waals surface area contributed by atoms with Crippen LogP contribution in [0.3, 0.4) is 0 Å². The molecule has 0 aliphatic rings. The fourth-order valence-corrected chi connectivity index (χ4v) is 2.15. The van der Waals surface area contributed by atoms with Gasteiger partial charge in [0.1, 0.15) is 12.4 Å². The van der Waals surface area contributed by atoms with Crippen LogP contribution in [0.1, 0.15) is 15.2 Å². The van der Waals surface area contributed by atoms with E-state index < -0.39 is 5.97 Å². The molecule has 17 heavy (non-hydrogen) atoms. The monoisotopic (exact) mass is 313 g/mol. The van der Waals surface area contributed by atoms with Crippen molar-refractivity contribution in [3.63, 3.8) is 0 Å². The SMILES string of the molecule is O=C(O)c1cc(OCc2cncs2)ccc1Br. The molecule has 1 aromatic heterocycles. The minimum atomic E-state index is -0.986. The molecule has 0 spiro atoms. The highest BCUT2D eigenvalue weighted by Crippen LogP contribution is 2.23. The van der Waals surface area contributed by atoms with Crippen molar-refractivity contribution in [2.24, 2.45) is 0 Å². The van der Waals surface area contributed by atoms with Crippen LogP contribution in [0.4, 0.5) is 0 Å². The molecule has 1 aromatic carbocycles. The molecule has 1 N–H and O–H groups in total. The van der Waals surface area contributed by atoms with E-state index in [1.807, 2.05) is 0 Å². The average molecular weight is 314 g/mol. The van der Waals surface area contributed by atoms with E-state index in [1.165, 1.54) is 17.4 Å². The van der Waals surface area contributed by atoms with Gasteiger partial charge in [-0.05, 0) is 34.1 Å². The van der Waals surface area contributed by atoms with Crippen molar-refractivity contribution >= 4 is 33.2 Å². The van der Waals surface area contributed by atoms with Crippen LogP contribution in [-0.4, -0.2) is 16.1 Å². The number of aromatic carboxylic acids is 1. The molecule has 1 heterocycles. The van der Waals surface area contributed by atoms with Crippen LogP contribution in [0.15, 0.2) is 34.4 Å². The van der Waals surface area contributed by atoms with Crippen LogP contribution in [0.25, 0.3) is 0 Å². The number of ether oxygens (including phenoxy) is 1. The standard InChI is InChI=1S/C11H8BrNO3S/c12-10-2-1-7(3-9(10)11(14)15)16-5-8-4-13-6-17-8/h1-4,6H,5H2,(H,14,15). The van der Waals surface area contributed by atoms with Crippen molar-refractivity contribution < 1.29 is 14.6 Å². The number of aromatic nitrogens is 1. The zero-order chi connectivity index (χ0) is 12.3. The smallest absolute Gasteiger partial charge is 0.336 e. The third kappa shape index (κ3) is 3.04. The van der Waals surface area contributed by atoms with Crippen molar-refractivity contribution in [3.8, 4) is 5.75 Å². The van der Waals surface area contributed by atoms with Gasteiger partial charge in [-0.2, -0.15) is 0 Å². The Morgan fingerprint density at radius 3 is 3.00 bits per heavy atom. The Labute approximate surface area is 110 Å². The maximum Gasteiger partial charge on any atom is 0.336 e. The van der Waals surface area contributed by atoms with Crippen LogP contribution in [0.2, 0.25) is 0 Å². The molecule has 0 saturated carbocycles. The molecule has 0 bridgehead atoms. The van der Waals surface area contributed by atoms with Gasteiger partial charge in [-0.1, -0.05) is 0 Å². The van der Waals surface area contributed by atoms with Gasteiger partial charge in [0.25, 0.3) is 0 Å². The summed E-state index contributed by atoms with van der Waals surface area (Å²) in [5.41, 5.74) is 1.91. The summed E-state index contributed by atoms with van der Waals surface area (Å²) in [7, 11) is 0. The summed E-state index contributed by atoms with van der Waals surface area (Å²) in [5.74, 6) is -0.459.